The largest absolute Gasteiger partial charge is 0.388 e. The minimum atomic E-state index is -0.753. The summed E-state index contributed by atoms with van der Waals surface area (Å²) in [6.07, 6.45) is 7.59. The molecule has 0 aromatic rings. The van der Waals surface area contributed by atoms with Crippen molar-refractivity contribution in [3.63, 3.8) is 0 Å². The van der Waals surface area contributed by atoms with Gasteiger partial charge >= 0.3 is 0 Å². The lowest BCUT2D eigenvalue weighted by Gasteiger charge is -2.44. The molecule has 0 saturated heterocycles. The third-order valence-corrected chi connectivity index (χ3v) is 4.06. The van der Waals surface area contributed by atoms with Crippen LogP contribution >= 0.6 is 0 Å². The van der Waals surface area contributed by atoms with Crippen molar-refractivity contribution in [3.8, 4) is 6.07 Å². The number of nitriles is 1. The Labute approximate surface area is 93.3 Å². The molecule has 0 aliphatic heterocycles. The summed E-state index contributed by atoms with van der Waals surface area (Å²) < 4.78 is 0. The third kappa shape index (κ3) is 2.18. The summed E-state index contributed by atoms with van der Waals surface area (Å²) in [5, 5.41) is 20.1. The normalized spacial score (nSPS) is 24.1. The van der Waals surface area contributed by atoms with Crippen molar-refractivity contribution in [3.05, 3.63) is 0 Å². The minimum absolute atomic E-state index is 0.462. The molecule has 2 heteroatoms. The quantitative estimate of drug-likeness (QED) is 0.771. The van der Waals surface area contributed by atoms with Gasteiger partial charge in [0.25, 0.3) is 0 Å². The molecule has 1 aliphatic carbocycles. The molecule has 0 aromatic carbocycles. The second kappa shape index (κ2) is 4.99. The molecule has 1 unspecified atom stereocenters. The molecular weight excluding hydrogens is 186 g/mol. The first-order valence-electron chi connectivity index (χ1n) is 6.28. The molecule has 1 saturated carbocycles. The molecule has 1 fully saturated rings. The number of hydrogen-bond acceptors (Lipinski definition) is 2. The van der Waals surface area contributed by atoms with Gasteiger partial charge in [0, 0.05) is 0 Å². The Kier molecular flexibility index (Phi) is 4.16. The van der Waals surface area contributed by atoms with Crippen LogP contribution in [0.3, 0.4) is 0 Å². The fraction of sp³-hybridized carbons (Fsp3) is 0.923. The summed E-state index contributed by atoms with van der Waals surface area (Å²) in [6, 6.07) is 2.44. The summed E-state index contributed by atoms with van der Waals surface area (Å²) in [4.78, 5) is 0. The number of hydrogen-bond donors (Lipinski definition) is 1. The van der Waals surface area contributed by atoms with E-state index >= 15 is 0 Å². The van der Waals surface area contributed by atoms with Crippen molar-refractivity contribution in [1.29, 1.82) is 5.26 Å². The van der Waals surface area contributed by atoms with E-state index in [2.05, 4.69) is 13.0 Å². The van der Waals surface area contributed by atoms with Crippen molar-refractivity contribution >= 4 is 0 Å². The Hall–Kier alpha value is -0.550. The fourth-order valence-electron chi connectivity index (χ4n) is 3.00. The van der Waals surface area contributed by atoms with Crippen molar-refractivity contribution in [2.24, 2.45) is 5.41 Å². The van der Waals surface area contributed by atoms with Crippen LogP contribution in [0.4, 0.5) is 0 Å². The highest BCUT2D eigenvalue weighted by Gasteiger charge is 2.49. The highest BCUT2D eigenvalue weighted by atomic mass is 16.3. The summed E-state index contributed by atoms with van der Waals surface area (Å²) in [7, 11) is 0. The molecule has 2 nitrogen and oxygen atoms in total. The Bertz CT molecular complexity index is 237. The monoisotopic (exact) mass is 209 g/mol. The van der Waals surface area contributed by atoms with Crippen LogP contribution in [-0.4, -0.2) is 10.7 Å². The van der Waals surface area contributed by atoms with Gasteiger partial charge in [0.1, 0.15) is 0 Å². The van der Waals surface area contributed by atoms with Gasteiger partial charge in [0.2, 0.25) is 0 Å². The average molecular weight is 209 g/mol. The van der Waals surface area contributed by atoms with Gasteiger partial charge in [-0.1, -0.05) is 39.5 Å². The summed E-state index contributed by atoms with van der Waals surface area (Å²) in [5.41, 5.74) is -1.22. The van der Waals surface area contributed by atoms with Crippen molar-refractivity contribution in [2.75, 3.05) is 0 Å². The standard InChI is InChI=1S/C13H23NO/c1-3-8-13(15,4-2)12(11-14)9-6-5-7-10-12/h15H,3-10H2,1-2H3. The van der Waals surface area contributed by atoms with Crippen molar-refractivity contribution < 1.29 is 5.11 Å². The van der Waals surface area contributed by atoms with Crippen LogP contribution in [0.5, 0.6) is 0 Å². The van der Waals surface area contributed by atoms with Crippen LogP contribution in [-0.2, 0) is 0 Å². The van der Waals surface area contributed by atoms with Gasteiger partial charge in [0.05, 0.1) is 17.1 Å². The van der Waals surface area contributed by atoms with E-state index in [9.17, 15) is 10.4 Å². The van der Waals surface area contributed by atoms with Crippen LogP contribution in [0.1, 0.15) is 65.2 Å². The molecule has 0 heterocycles. The van der Waals surface area contributed by atoms with Gasteiger partial charge in [-0.25, -0.2) is 0 Å². The Morgan fingerprint density at radius 2 is 1.87 bits per heavy atom. The third-order valence-electron chi connectivity index (χ3n) is 4.06. The number of aliphatic hydroxyl groups is 1. The molecule has 0 bridgehead atoms. The predicted molar refractivity (Wildman–Crippen MR) is 61.3 cm³/mol. The lowest BCUT2D eigenvalue weighted by molar-refractivity contribution is -0.0819. The molecule has 0 amide bonds. The number of rotatable bonds is 4. The predicted octanol–water partition coefficient (Wildman–Crippen LogP) is 3.40. The summed E-state index contributed by atoms with van der Waals surface area (Å²) in [5.74, 6) is 0. The zero-order chi connectivity index (χ0) is 11.4. The van der Waals surface area contributed by atoms with Gasteiger partial charge in [0.15, 0.2) is 0 Å². The lowest BCUT2D eigenvalue weighted by atomic mass is 9.62. The highest BCUT2D eigenvalue weighted by Crippen LogP contribution is 2.47. The van der Waals surface area contributed by atoms with Gasteiger partial charge < -0.3 is 5.11 Å². The maximum absolute atomic E-state index is 10.7. The van der Waals surface area contributed by atoms with E-state index in [1.165, 1.54) is 6.42 Å². The molecule has 1 aliphatic rings. The van der Waals surface area contributed by atoms with Gasteiger partial charge in [-0.2, -0.15) is 5.26 Å². The molecule has 1 rings (SSSR count). The van der Waals surface area contributed by atoms with Gasteiger partial charge in [-0.15, -0.1) is 0 Å². The lowest BCUT2D eigenvalue weighted by Crippen LogP contribution is -2.48. The Morgan fingerprint density at radius 1 is 1.27 bits per heavy atom. The van der Waals surface area contributed by atoms with Crippen LogP contribution in [0, 0.1) is 16.7 Å². The van der Waals surface area contributed by atoms with Crippen LogP contribution < -0.4 is 0 Å². The first-order chi connectivity index (χ1) is 7.14. The van der Waals surface area contributed by atoms with Crippen molar-refractivity contribution in [2.45, 2.75) is 70.8 Å². The molecule has 86 valence electrons. The van der Waals surface area contributed by atoms with E-state index in [0.717, 1.165) is 38.5 Å². The van der Waals surface area contributed by atoms with E-state index in [1.54, 1.807) is 0 Å². The second-order valence-corrected chi connectivity index (χ2v) is 4.89. The number of nitrogens with zero attached hydrogens (tertiary/aromatic N) is 1. The topological polar surface area (TPSA) is 44.0 Å². The molecule has 0 spiro atoms. The van der Waals surface area contributed by atoms with Crippen LogP contribution in [0.15, 0.2) is 0 Å². The summed E-state index contributed by atoms with van der Waals surface area (Å²) in [6.45, 7) is 4.08. The molecule has 1 N–H and O–H groups in total. The summed E-state index contributed by atoms with van der Waals surface area (Å²) >= 11 is 0. The smallest absolute Gasteiger partial charge is 0.0860 e. The van der Waals surface area contributed by atoms with E-state index in [0.29, 0.717) is 6.42 Å². The maximum atomic E-state index is 10.7. The zero-order valence-electron chi connectivity index (χ0n) is 10.1. The molecule has 0 aromatic heterocycles. The average Bonchev–Trinajstić information content (AvgIpc) is 2.30. The zero-order valence-corrected chi connectivity index (χ0v) is 10.1. The molecular formula is C13H23NO. The maximum Gasteiger partial charge on any atom is 0.0860 e. The first-order valence-corrected chi connectivity index (χ1v) is 6.28. The van der Waals surface area contributed by atoms with Gasteiger partial charge in [-0.05, 0) is 25.7 Å². The van der Waals surface area contributed by atoms with Crippen LogP contribution in [0.25, 0.3) is 0 Å². The molecule has 0 radical (unpaired) electrons. The Balaban J connectivity index is 2.91. The SMILES string of the molecule is CCCC(O)(CC)C1(C#N)CCCCC1. The molecule has 15 heavy (non-hydrogen) atoms. The fourth-order valence-corrected chi connectivity index (χ4v) is 3.00. The van der Waals surface area contributed by atoms with E-state index in [4.69, 9.17) is 0 Å². The van der Waals surface area contributed by atoms with Gasteiger partial charge in [-0.3, -0.25) is 0 Å². The van der Waals surface area contributed by atoms with Crippen LogP contribution in [0.2, 0.25) is 0 Å². The van der Waals surface area contributed by atoms with E-state index < -0.39 is 11.0 Å². The Morgan fingerprint density at radius 3 is 2.27 bits per heavy atom. The van der Waals surface area contributed by atoms with E-state index in [1.807, 2.05) is 6.92 Å². The van der Waals surface area contributed by atoms with E-state index in [-0.39, 0.29) is 0 Å². The second-order valence-electron chi connectivity index (χ2n) is 4.89. The molecule has 1 atom stereocenters. The highest BCUT2D eigenvalue weighted by molar-refractivity contribution is 5.11. The van der Waals surface area contributed by atoms with Crippen molar-refractivity contribution in [1.82, 2.24) is 0 Å². The minimum Gasteiger partial charge on any atom is -0.388 e. The first kappa shape index (κ1) is 12.5.